The Hall–Kier alpha value is -3.04. The molecular weight excluding hydrogens is 394 g/mol. The van der Waals surface area contributed by atoms with E-state index in [0.29, 0.717) is 13.1 Å². The number of amides is 1. The van der Waals surface area contributed by atoms with Gasteiger partial charge in [-0.3, -0.25) is 14.9 Å². The van der Waals surface area contributed by atoms with Crippen molar-refractivity contribution >= 4 is 33.4 Å². The highest BCUT2D eigenvalue weighted by Gasteiger charge is 2.28. The zero-order chi connectivity index (χ0) is 20.9. The Balaban J connectivity index is 1.81. The molecule has 0 atom stereocenters. The predicted molar refractivity (Wildman–Crippen MR) is 110 cm³/mol. The molecule has 1 fully saturated rings. The topological polar surface area (TPSA) is 110 Å². The quantitative estimate of drug-likeness (QED) is 0.442. The van der Waals surface area contributed by atoms with E-state index in [-0.39, 0.29) is 21.8 Å². The fourth-order valence-electron chi connectivity index (χ4n) is 3.17. The fraction of sp³-hybridized carbons (Fsp3) is 0.250. The molecular formula is C20H21N3O5S. The molecule has 152 valence electrons. The molecule has 0 aromatic heterocycles. The largest absolute Gasteiger partial charge is 0.321 e. The molecule has 1 aliphatic heterocycles. The number of hydrogen-bond donors (Lipinski definition) is 1. The molecule has 29 heavy (non-hydrogen) atoms. The number of sulfonamides is 1. The number of para-hydroxylation sites is 2. The van der Waals surface area contributed by atoms with Crippen LogP contribution in [0.3, 0.4) is 0 Å². The predicted octanol–water partition coefficient (Wildman–Crippen LogP) is 3.42. The van der Waals surface area contributed by atoms with Crippen LogP contribution in [-0.2, 0) is 14.8 Å². The molecule has 1 amide bonds. The van der Waals surface area contributed by atoms with E-state index >= 15 is 0 Å². The van der Waals surface area contributed by atoms with Crippen LogP contribution in [0.4, 0.5) is 11.4 Å². The molecule has 1 N–H and O–H groups in total. The third-order valence-corrected chi connectivity index (χ3v) is 6.58. The number of carbonyl (C=O) groups is 1. The average Bonchev–Trinajstić information content (AvgIpc) is 2.73. The lowest BCUT2D eigenvalue weighted by Crippen LogP contribution is -2.36. The van der Waals surface area contributed by atoms with Crippen molar-refractivity contribution in [2.24, 2.45) is 0 Å². The minimum absolute atomic E-state index is 0.0364. The summed E-state index contributed by atoms with van der Waals surface area (Å²) < 4.78 is 27.4. The summed E-state index contributed by atoms with van der Waals surface area (Å²) in [5.41, 5.74) is 0.335. The molecule has 0 bridgehead atoms. The van der Waals surface area contributed by atoms with Gasteiger partial charge >= 0.3 is 0 Å². The molecule has 0 aliphatic carbocycles. The van der Waals surface area contributed by atoms with Crippen molar-refractivity contribution in [3.8, 4) is 0 Å². The van der Waals surface area contributed by atoms with Crippen LogP contribution in [-0.4, -0.2) is 36.6 Å². The summed E-state index contributed by atoms with van der Waals surface area (Å²) in [5, 5.41) is 13.6. The standard InChI is InChI=1S/C20H21N3O5S/c24-20(13-12-16-8-2-4-10-18(16)23(25)26)21-17-9-3-5-11-19(17)29(27,28)22-14-6-1-7-15-22/h2-5,8-13H,1,6-7,14-15H2,(H,21,24). The lowest BCUT2D eigenvalue weighted by Gasteiger charge is -2.26. The number of nitro groups is 1. The van der Waals surface area contributed by atoms with Crippen LogP contribution in [0.1, 0.15) is 24.8 Å². The van der Waals surface area contributed by atoms with Crippen LogP contribution in [0.15, 0.2) is 59.5 Å². The highest BCUT2D eigenvalue weighted by atomic mass is 32.2. The summed E-state index contributed by atoms with van der Waals surface area (Å²) in [6.07, 6.45) is 5.10. The monoisotopic (exact) mass is 415 g/mol. The maximum atomic E-state index is 13.0. The SMILES string of the molecule is O=C(C=Cc1ccccc1[N+](=O)[O-])Nc1ccccc1S(=O)(=O)N1CCCCC1. The highest BCUT2D eigenvalue weighted by Crippen LogP contribution is 2.27. The van der Waals surface area contributed by atoms with Crippen molar-refractivity contribution < 1.29 is 18.1 Å². The van der Waals surface area contributed by atoms with Gasteiger partial charge in [0.15, 0.2) is 0 Å². The Morgan fingerprint density at radius 2 is 1.69 bits per heavy atom. The summed E-state index contributed by atoms with van der Waals surface area (Å²) in [7, 11) is -3.72. The van der Waals surface area contributed by atoms with Gasteiger partial charge in [0.05, 0.1) is 16.2 Å². The maximum Gasteiger partial charge on any atom is 0.276 e. The van der Waals surface area contributed by atoms with Crippen LogP contribution < -0.4 is 5.32 Å². The van der Waals surface area contributed by atoms with Gasteiger partial charge in [-0.05, 0) is 37.1 Å². The number of anilines is 1. The minimum atomic E-state index is -3.72. The number of carbonyl (C=O) groups excluding carboxylic acids is 1. The fourth-order valence-corrected chi connectivity index (χ4v) is 4.84. The van der Waals surface area contributed by atoms with Crippen LogP contribution in [0.5, 0.6) is 0 Å². The van der Waals surface area contributed by atoms with Crippen molar-refractivity contribution in [3.63, 3.8) is 0 Å². The maximum absolute atomic E-state index is 13.0. The molecule has 0 spiro atoms. The van der Waals surface area contributed by atoms with Crippen molar-refractivity contribution in [1.82, 2.24) is 4.31 Å². The number of piperidine rings is 1. The first-order chi connectivity index (χ1) is 13.9. The van der Waals surface area contributed by atoms with Gasteiger partial charge in [0.1, 0.15) is 4.90 Å². The third-order valence-electron chi connectivity index (χ3n) is 4.63. The van der Waals surface area contributed by atoms with Crippen LogP contribution in [0, 0.1) is 10.1 Å². The second-order valence-corrected chi connectivity index (χ2v) is 8.51. The summed E-state index contributed by atoms with van der Waals surface area (Å²) in [4.78, 5) is 22.9. The first-order valence-electron chi connectivity index (χ1n) is 9.21. The van der Waals surface area contributed by atoms with Crippen LogP contribution >= 0.6 is 0 Å². The van der Waals surface area contributed by atoms with Gasteiger partial charge in [0.2, 0.25) is 15.9 Å². The summed E-state index contributed by atoms with van der Waals surface area (Å²) in [6.45, 7) is 0.921. The lowest BCUT2D eigenvalue weighted by atomic mass is 10.1. The van der Waals surface area contributed by atoms with Gasteiger partial charge in [-0.25, -0.2) is 8.42 Å². The average molecular weight is 415 g/mol. The molecule has 2 aromatic carbocycles. The van der Waals surface area contributed by atoms with Gasteiger partial charge in [-0.15, -0.1) is 0 Å². The number of rotatable bonds is 6. The lowest BCUT2D eigenvalue weighted by molar-refractivity contribution is -0.385. The smallest absolute Gasteiger partial charge is 0.276 e. The summed E-state index contributed by atoms with van der Waals surface area (Å²) in [6, 6.07) is 12.3. The molecule has 0 saturated carbocycles. The number of nitrogens with one attached hydrogen (secondary N) is 1. The van der Waals surface area contributed by atoms with Gasteiger partial charge in [0, 0.05) is 25.2 Å². The molecule has 3 rings (SSSR count). The molecule has 0 unspecified atom stereocenters. The first-order valence-corrected chi connectivity index (χ1v) is 10.7. The molecule has 1 saturated heterocycles. The van der Waals surface area contributed by atoms with E-state index in [1.807, 2.05) is 0 Å². The van der Waals surface area contributed by atoms with E-state index in [1.54, 1.807) is 18.2 Å². The Bertz CT molecular complexity index is 1040. The van der Waals surface area contributed by atoms with E-state index in [1.165, 1.54) is 40.7 Å². The Morgan fingerprint density at radius 1 is 1.03 bits per heavy atom. The molecule has 9 heteroatoms. The summed E-state index contributed by atoms with van der Waals surface area (Å²) >= 11 is 0. The first kappa shape index (κ1) is 20.7. The number of nitro benzene ring substituents is 1. The minimum Gasteiger partial charge on any atom is -0.321 e. The Morgan fingerprint density at radius 3 is 2.41 bits per heavy atom. The van der Waals surface area contributed by atoms with Gasteiger partial charge in [-0.2, -0.15) is 4.31 Å². The van der Waals surface area contributed by atoms with Crippen molar-refractivity contribution in [1.29, 1.82) is 0 Å². The van der Waals surface area contributed by atoms with E-state index in [9.17, 15) is 23.3 Å². The van der Waals surface area contributed by atoms with E-state index < -0.39 is 20.9 Å². The van der Waals surface area contributed by atoms with Crippen molar-refractivity contribution in [3.05, 3.63) is 70.3 Å². The molecule has 1 aliphatic rings. The van der Waals surface area contributed by atoms with E-state index in [4.69, 9.17) is 0 Å². The van der Waals surface area contributed by atoms with Gasteiger partial charge in [-0.1, -0.05) is 30.7 Å². The molecule has 1 heterocycles. The zero-order valence-corrected chi connectivity index (χ0v) is 16.5. The second-order valence-electron chi connectivity index (χ2n) is 6.60. The van der Waals surface area contributed by atoms with E-state index in [2.05, 4.69) is 5.32 Å². The van der Waals surface area contributed by atoms with E-state index in [0.717, 1.165) is 25.3 Å². The highest BCUT2D eigenvalue weighted by molar-refractivity contribution is 7.89. The zero-order valence-electron chi connectivity index (χ0n) is 15.7. The van der Waals surface area contributed by atoms with Gasteiger partial charge in [0.25, 0.3) is 5.69 Å². The number of hydrogen-bond acceptors (Lipinski definition) is 5. The number of benzene rings is 2. The molecule has 8 nitrogen and oxygen atoms in total. The van der Waals surface area contributed by atoms with Crippen molar-refractivity contribution in [2.45, 2.75) is 24.2 Å². The Labute approximate surface area is 169 Å². The molecule has 0 radical (unpaired) electrons. The second kappa shape index (κ2) is 8.97. The van der Waals surface area contributed by atoms with Crippen LogP contribution in [0.25, 0.3) is 6.08 Å². The third kappa shape index (κ3) is 4.87. The van der Waals surface area contributed by atoms with Crippen molar-refractivity contribution in [2.75, 3.05) is 18.4 Å². The molecule has 2 aromatic rings. The van der Waals surface area contributed by atoms with Crippen LogP contribution in [0.2, 0.25) is 0 Å². The Kier molecular flexibility index (Phi) is 6.40. The normalized spacial score (nSPS) is 15.3. The number of nitrogens with zero attached hydrogens (tertiary/aromatic N) is 2. The summed E-state index contributed by atoms with van der Waals surface area (Å²) in [5.74, 6) is -0.579. The van der Waals surface area contributed by atoms with Gasteiger partial charge < -0.3 is 5.32 Å².